The largest absolute Gasteiger partial charge is 0.490 e. The van der Waals surface area contributed by atoms with E-state index in [0.717, 1.165) is 16.3 Å². The molecule has 0 unspecified atom stereocenters. The second kappa shape index (κ2) is 7.20. The number of hydrogen-bond donors (Lipinski definition) is 2. The number of thiazole rings is 1. The third-order valence-electron chi connectivity index (χ3n) is 3.60. The van der Waals surface area contributed by atoms with Crippen molar-refractivity contribution in [2.24, 2.45) is 0 Å². The Morgan fingerprint density at radius 1 is 1.42 bits per heavy atom. The van der Waals surface area contributed by atoms with Gasteiger partial charge in [0.25, 0.3) is 0 Å². The van der Waals surface area contributed by atoms with Crippen LogP contribution in [0, 0.1) is 6.92 Å². The molecule has 10 heteroatoms. The molecular weight excluding hydrogens is 345 g/mol. The number of carboxylic acid groups (broad SMARTS) is 1. The number of aryl methyl sites for hydroxylation is 1. The van der Waals surface area contributed by atoms with Gasteiger partial charge in [-0.25, -0.2) is 9.78 Å². The number of nitrogens with zero attached hydrogens (tertiary/aromatic N) is 3. The van der Waals surface area contributed by atoms with E-state index in [0.29, 0.717) is 11.2 Å². The van der Waals surface area contributed by atoms with Crippen molar-refractivity contribution >= 4 is 22.4 Å². The van der Waals surface area contributed by atoms with Crippen LogP contribution < -0.4 is 5.73 Å². The van der Waals surface area contributed by atoms with Crippen LogP contribution in [0.4, 0.5) is 18.3 Å². The molecular formula is C14H17F3N4O2S. The van der Waals surface area contributed by atoms with E-state index in [9.17, 15) is 13.2 Å². The Labute approximate surface area is 140 Å². The number of aromatic nitrogens is 3. The molecule has 6 nitrogen and oxygen atoms in total. The Balaban J connectivity index is 0.000000256. The zero-order valence-corrected chi connectivity index (χ0v) is 13.7. The average Bonchev–Trinajstić information content (AvgIpc) is 3.18. The maximum atomic E-state index is 10.6. The van der Waals surface area contributed by atoms with Gasteiger partial charge in [-0.05, 0) is 25.8 Å². The lowest BCUT2D eigenvalue weighted by molar-refractivity contribution is -0.192. The number of anilines is 1. The van der Waals surface area contributed by atoms with Crippen LogP contribution in [0.5, 0.6) is 0 Å². The number of hydrogen-bond acceptors (Lipinski definition) is 5. The Hall–Kier alpha value is -2.10. The van der Waals surface area contributed by atoms with E-state index < -0.39 is 12.1 Å². The molecule has 1 saturated carbocycles. The smallest absolute Gasteiger partial charge is 0.475 e. The standard InChI is InChI=1S/C12H16N4S.C2HF3O2/c1-8-11(17-12(13)14-8)10-6-7-16(15-10)9-4-2-3-5-9;3-2(4,5)1(6)7/h6-7,9H,2-5H2,1H3,(H2,13,14);(H,6,7). The maximum absolute atomic E-state index is 10.6. The predicted molar refractivity (Wildman–Crippen MR) is 83.7 cm³/mol. The zero-order chi connectivity index (χ0) is 17.9. The Bertz CT molecular complexity index is 705. The highest BCUT2D eigenvalue weighted by Gasteiger charge is 2.38. The van der Waals surface area contributed by atoms with Gasteiger partial charge in [0.2, 0.25) is 0 Å². The molecule has 2 aromatic heterocycles. The SMILES string of the molecule is Cc1nc(N)sc1-c1ccn(C2CCCC2)n1.O=C(O)C(F)(F)F. The summed E-state index contributed by atoms with van der Waals surface area (Å²) in [5.41, 5.74) is 7.70. The number of nitrogens with two attached hydrogens (primary N) is 1. The van der Waals surface area contributed by atoms with E-state index >= 15 is 0 Å². The van der Waals surface area contributed by atoms with Crippen LogP contribution in [0.1, 0.15) is 37.4 Å². The minimum Gasteiger partial charge on any atom is -0.475 e. The molecule has 1 aliphatic carbocycles. The van der Waals surface area contributed by atoms with E-state index in [1.807, 2.05) is 6.92 Å². The molecule has 2 heterocycles. The number of nitrogen functional groups attached to an aromatic ring is 1. The molecule has 3 rings (SSSR count). The van der Waals surface area contributed by atoms with Crippen molar-refractivity contribution in [3.8, 4) is 10.6 Å². The second-order valence-electron chi connectivity index (χ2n) is 5.39. The fraction of sp³-hybridized carbons (Fsp3) is 0.500. The normalized spacial score (nSPS) is 15.2. The summed E-state index contributed by atoms with van der Waals surface area (Å²) in [4.78, 5) is 14.2. The summed E-state index contributed by atoms with van der Waals surface area (Å²) in [6.07, 6.45) is 2.16. The number of carboxylic acids is 1. The number of aliphatic carboxylic acids is 1. The first-order valence-electron chi connectivity index (χ1n) is 7.27. The summed E-state index contributed by atoms with van der Waals surface area (Å²) in [5, 5.41) is 12.4. The summed E-state index contributed by atoms with van der Waals surface area (Å²) >= 11 is 1.51. The molecule has 0 spiro atoms. The zero-order valence-electron chi connectivity index (χ0n) is 12.9. The molecule has 1 aliphatic rings. The number of halogens is 3. The van der Waals surface area contributed by atoms with Crippen LogP contribution in [0.3, 0.4) is 0 Å². The highest BCUT2D eigenvalue weighted by atomic mass is 32.1. The van der Waals surface area contributed by atoms with Crippen molar-refractivity contribution in [3.63, 3.8) is 0 Å². The maximum Gasteiger partial charge on any atom is 0.490 e. The number of carbonyl (C=O) groups is 1. The topological polar surface area (TPSA) is 94.0 Å². The third-order valence-corrected chi connectivity index (χ3v) is 4.60. The summed E-state index contributed by atoms with van der Waals surface area (Å²) in [6, 6.07) is 2.66. The molecule has 0 saturated heterocycles. The lowest BCUT2D eigenvalue weighted by Gasteiger charge is -2.08. The summed E-state index contributed by atoms with van der Waals surface area (Å²) < 4.78 is 33.8. The second-order valence-corrected chi connectivity index (χ2v) is 6.42. The van der Waals surface area contributed by atoms with Crippen molar-refractivity contribution in [1.29, 1.82) is 0 Å². The average molecular weight is 362 g/mol. The molecule has 2 aromatic rings. The first-order valence-corrected chi connectivity index (χ1v) is 8.08. The lowest BCUT2D eigenvalue weighted by Crippen LogP contribution is -2.21. The Morgan fingerprint density at radius 3 is 2.46 bits per heavy atom. The molecule has 0 aliphatic heterocycles. The highest BCUT2D eigenvalue weighted by Crippen LogP contribution is 2.33. The van der Waals surface area contributed by atoms with Gasteiger partial charge in [-0.2, -0.15) is 18.3 Å². The monoisotopic (exact) mass is 362 g/mol. The van der Waals surface area contributed by atoms with E-state index in [1.165, 1.54) is 37.0 Å². The van der Waals surface area contributed by atoms with Gasteiger partial charge in [0.05, 0.1) is 16.6 Å². The summed E-state index contributed by atoms with van der Waals surface area (Å²) in [6.45, 7) is 1.98. The minimum absolute atomic E-state index is 0.592. The van der Waals surface area contributed by atoms with Gasteiger partial charge in [-0.15, -0.1) is 0 Å². The van der Waals surface area contributed by atoms with E-state index in [-0.39, 0.29) is 0 Å². The van der Waals surface area contributed by atoms with Crippen molar-refractivity contribution < 1.29 is 23.1 Å². The molecule has 3 N–H and O–H groups in total. The van der Waals surface area contributed by atoms with Gasteiger partial charge in [0.1, 0.15) is 5.69 Å². The third kappa shape index (κ3) is 4.47. The quantitative estimate of drug-likeness (QED) is 0.850. The first-order chi connectivity index (χ1) is 11.2. The van der Waals surface area contributed by atoms with E-state index in [4.69, 9.17) is 15.6 Å². The van der Waals surface area contributed by atoms with Gasteiger partial charge < -0.3 is 10.8 Å². The van der Waals surface area contributed by atoms with Crippen LogP contribution in [0.2, 0.25) is 0 Å². The summed E-state index contributed by atoms with van der Waals surface area (Å²) in [5.74, 6) is -2.76. The Kier molecular flexibility index (Phi) is 5.47. The molecule has 0 radical (unpaired) electrons. The van der Waals surface area contributed by atoms with E-state index in [2.05, 4.69) is 27.0 Å². The van der Waals surface area contributed by atoms with Gasteiger partial charge in [0, 0.05) is 6.20 Å². The van der Waals surface area contributed by atoms with Crippen LogP contribution in [0.15, 0.2) is 12.3 Å². The van der Waals surface area contributed by atoms with Crippen LogP contribution in [-0.2, 0) is 4.79 Å². The van der Waals surface area contributed by atoms with Crippen molar-refractivity contribution in [2.45, 2.75) is 44.8 Å². The summed E-state index contributed by atoms with van der Waals surface area (Å²) in [7, 11) is 0. The molecule has 24 heavy (non-hydrogen) atoms. The van der Waals surface area contributed by atoms with Crippen molar-refractivity contribution in [1.82, 2.24) is 14.8 Å². The molecule has 0 atom stereocenters. The number of alkyl halides is 3. The van der Waals surface area contributed by atoms with Crippen molar-refractivity contribution in [2.75, 3.05) is 5.73 Å². The van der Waals surface area contributed by atoms with E-state index in [1.54, 1.807) is 0 Å². The fourth-order valence-corrected chi connectivity index (χ4v) is 3.28. The number of rotatable bonds is 2. The molecule has 0 bridgehead atoms. The molecule has 0 aromatic carbocycles. The molecule has 132 valence electrons. The fourth-order valence-electron chi connectivity index (χ4n) is 2.49. The van der Waals surface area contributed by atoms with Crippen LogP contribution in [-0.4, -0.2) is 32.0 Å². The van der Waals surface area contributed by atoms with Gasteiger partial charge in [-0.3, -0.25) is 4.68 Å². The lowest BCUT2D eigenvalue weighted by atomic mass is 10.3. The molecule has 0 amide bonds. The highest BCUT2D eigenvalue weighted by molar-refractivity contribution is 7.18. The van der Waals surface area contributed by atoms with Crippen LogP contribution in [0.25, 0.3) is 10.6 Å². The van der Waals surface area contributed by atoms with Gasteiger partial charge >= 0.3 is 12.1 Å². The van der Waals surface area contributed by atoms with Crippen LogP contribution >= 0.6 is 11.3 Å². The van der Waals surface area contributed by atoms with Gasteiger partial charge in [0.15, 0.2) is 5.13 Å². The Morgan fingerprint density at radius 2 is 2.00 bits per heavy atom. The van der Waals surface area contributed by atoms with Crippen molar-refractivity contribution in [3.05, 3.63) is 18.0 Å². The molecule has 1 fully saturated rings. The van der Waals surface area contributed by atoms with Gasteiger partial charge in [-0.1, -0.05) is 24.2 Å². The predicted octanol–water partition coefficient (Wildman–Crippen LogP) is 3.65. The first kappa shape index (κ1) is 18.2. The minimum atomic E-state index is -5.08.